The van der Waals surface area contributed by atoms with Crippen LogP contribution in [0.1, 0.15) is 45.1 Å². The first-order valence-electron chi connectivity index (χ1n) is 12.6. The number of nitrogen functional groups attached to an aromatic ring is 1. The van der Waals surface area contributed by atoms with Crippen LogP contribution in [0.25, 0.3) is 11.2 Å². The molecule has 2 aliphatic heterocycles. The van der Waals surface area contributed by atoms with E-state index in [2.05, 4.69) is 37.5 Å². The van der Waals surface area contributed by atoms with Gasteiger partial charge in [0.05, 0.1) is 24.0 Å². The highest BCUT2D eigenvalue weighted by Crippen LogP contribution is 2.62. The number of phosphoric acid groups is 1. The van der Waals surface area contributed by atoms with E-state index in [9.17, 15) is 23.2 Å². The second-order valence-corrected chi connectivity index (χ2v) is 13.1. The van der Waals surface area contributed by atoms with Crippen molar-refractivity contribution in [3.8, 4) is 0 Å². The van der Waals surface area contributed by atoms with Gasteiger partial charge in [-0.2, -0.15) is 0 Å². The van der Waals surface area contributed by atoms with Crippen LogP contribution in [0.15, 0.2) is 41.9 Å². The zero-order chi connectivity index (χ0) is 30.6. The van der Waals surface area contributed by atoms with Crippen LogP contribution >= 0.6 is 23.8 Å². The lowest BCUT2D eigenvalue weighted by molar-refractivity contribution is -0.0817. The number of benzene rings is 1. The maximum absolute atomic E-state index is 14.7. The van der Waals surface area contributed by atoms with Crippen LogP contribution in [-0.2, 0) is 27.6 Å². The van der Waals surface area contributed by atoms with E-state index >= 15 is 0 Å². The van der Waals surface area contributed by atoms with Crippen LogP contribution in [0.4, 0.5) is 19.4 Å². The Labute approximate surface area is 246 Å². The molecule has 0 radical (unpaired) electrons. The Balaban J connectivity index is 1.45. The predicted octanol–water partition coefficient (Wildman–Crippen LogP) is 5.68. The first-order chi connectivity index (χ1) is 19.7. The molecule has 17 heteroatoms. The number of aromatic nitrogens is 4. The molecule has 6 atom stereocenters. The lowest BCUT2D eigenvalue weighted by atomic mass is 9.82. The quantitative estimate of drug-likeness (QED) is 0.136. The molecule has 0 saturated carbocycles. The number of hydrogen-bond acceptors (Lipinski definition) is 11. The maximum atomic E-state index is 14.7. The van der Waals surface area contributed by atoms with Gasteiger partial charge < -0.3 is 20.3 Å². The molecule has 13 nitrogen and oxygen atoms in total. The van der Waals surface area contributed by atoms with Gasteiger partial charge in [0.25, 0.3) is 0 Å². The van der Waals surface area contributed by atoms with Crippen molar-refractivity contribution < 1.29 is 46.3 Å². The normalized spacial score (nSPS) is 30.8. The molecule has 0 spiro atoms. The largest absolute Gasteiger partial charge is 0.506 e. The zero-order valence-corrected chi connectivity index (χ0v) is 25.1. The fourth-order valence-electron chi connectivity index (χ4n) is 5.19. The van der Waals surface area contributed by atoms with Gasteiger partial charge in [0.15, 0.2) is 23.1 Å². The molecule has 2 aliphatic rings. The highest BCUT2D eigenvalue weighted by Gasteiger charge is 2.57. The van der Waals surface area contributed by atoms with E-state index in [1.54, 1.807) is 20.8 Å². The molecule has 3 N–H and O–H groups in total. The predicted molar refractivity (Wildman–Crippen MR) is 146 cm³/mol. The Morgan fingerprint density at radius 2 is 2.07 bits per heavy atom. The number of fused-ring (bicyclic) bond motifs is 1. The summed E-state index contributed by atoms with van der Waals surface area (Å²) in [7, 11) is -4.47. The van der Waals surface area contributed by atoms with Gasteiger partial charge in [-0.25, -0.2) is 33.1 Å². The molecule has 2 unspecified atom stereocenters. The number of anilines is 1. The average Bonchev–Trinajstić information content (AvgIpc) is 3.44. The van der Waals surface area contributed by atoms with Gasteiger partial charge in [0.1, 0.15) is 36.4 Å². The number of phosphoric ester groups is 1. The molecule has 1 aromatic carbocycles. The van der Waals surface area contributed by atoms with Crippen LogP contribution in [0, 0.1) is 17.0 Å². The highest BCUT2D eigenvalue weighted by molar-refractivity contribution is 9.10. The summed E-state index contributed by atoms with van der Waals surface area (Å²) in [5.74, 6) is -2.16. The SMILES string of the molecule is C=C[C@]1(C)[C@H](OC(=O)O)[C@@H](COP2(=O)OC(c3cc(Br)cc(F)c3F)CC(C)(C)O2)O[C@H]1n1cnc2c(N)ncnc21. The highest BCUT2D eigenvalue weighted by atomic mass is 79.9. The standard InChI is InChI=1S/C25H27BrF2N5O8P/c1-5-25(4)19(39-23(34)35)16(38-22(25)33-11-32-18-20(29)30-10-31-21(18)33)9-37-42(36)40-15(8-24(2,3)41-42)13-6-12(26)7-14(27)17(13)28/h5-7,10-11,15-16,19,22H,1,8-9H2,2-4H3,(H,34,35)(H2,29,30,31)/t15?,16-,19-,22-,25-,42?/m1/s1. The average molecular weight is 674 g/mol. The summed E-state index contributed by atoms with van der Waals surface area (Å²) in [6.45, 7) is 8.14. The van der Waals surface area contributed by atoms with Crippen LogP contribution in [0.3, 0.4) is 0 Å². The lowest BCUT2D eigenvalue weighted by Crippen LogP contribution is -2.41. The van der Waals surface area contributed by atoms with Gasteiger partial charge in [-0.1, -0.05) is 22.0 Å². The number of ether oxygens (including phenoxy) is 2. The Bertz CT molecular complexity index is 1610. The first-order valence-corrected chi connectivity index (χ1v) is 14.8. The fourth-order valence-corrected chi connectivity index (χ4v) is 7.30. The number of nitrogens with zero attached hydrogens (tertiary/aromatic N) is 4. The molecule has 2 saturated heterocycles. The second kappa shape index (κ2) is 10.9. The summed E-state index contributed by atoms with van der Waals surface area (Å²) >= 11 is 3.13. The third-order valence-electron chi connectivity index (χ3n) is 7.15. The van der Waals surface area contributed by atoms with E-state index in [-0.39, 0.29) is 22.3 Å². The van der Waals surface area contributed by atoms with Gasteiger partial charge in [-0.3, -0.25) is 18.1 Å². The molecular formula is C25H27BrF2N5O8P. The van der Waals surface area contributed by atoms with Crippen molar-refractivity contribution in [1.29, 1.82) is 0 Å². The topological polar surface area (TPSA) is 170 Å². The van der Waals surface area contributed by atoms with Crippen LogP contribution in [-0.4, -0.2) is 55.2 Å². The lowest BCUT2D eigenvalue weighted by Gasteiger charge is -2.39. The van der Waals surface area contributed by atoms with Crippen LogP contribution < -0.4 is 5.73 Å². The third kappa shape index (κ3) is 5.54. The number of halogens is 3. The Kier molecular flexibility index (Phi) is 7.92. The summed E-state index contributed by atoms with van der Waals surface area (Å²) in [6.07, 6.45) is -2.07. The van der Waals surface area contributed by atoms with Gasteiger partial charge in [0, 0.05) is 16.5 Å². The maximum Gasteiger partial charge on any atom is 0.506 e. The number of nitrogens with two attached hydrogens (primary N) is 1. The first kappa shape index (κ1) is 30.4. The summed E-state index contributed by atoms with van der Waals surface area (Å²) in [5.41, 5.74) is 3.96. The molecule has 0 bridgehead atoms. The number of imidazole rings is 1. The molecule has 0 aliphatic carbocycles. The molecule has 5 rings (SSSR count). The van der Waals surface area contributed by atoms with E-state index in [1.165, 1.54) is 29.4 Å². The van der Waals surface area contributed by atoms with Crippen molar-refractivity contribution in [2.75, 3.05) is 12.3 Å². The van der Waals surface area contributed by atoms with Crippen molar-refractivity contribution in [1.82, 2.24) is 19.5 Å². The Hall–Kier alpha value is -3.01. The molecule has 4 heterocycles. The molecule has 3 aromatic rings. The third-order valence-corrected chi connectivity index (χ3v) is 9.30. The minimum Gasteiger partial charge on any atom is -0.450 e. The van der Waals surface area contributed by atoms with Crippen LogP contribution in [0.2, 0.25) is 0 Å². The number of carbonyl (C=O) groups is 1. The summed E-state index contributed by atoms with van der Waals surface area (Å²) in [5, 5.41) is 9.53. The second-order valence-electron chi connectivity index (χ2n) is 10.7. The van der Waals surface area contributed by atoms with Gasteiger partial charge >= 0.3 is 14.0 Å². The molecule has 2 fully saturated rings. The smallest absolute Gasteiger partial charge is 0.450 e. The minimum absolute atomic E-state index is 0.0210. The molecular weight excluding hydrogens is 647 g/mol. The number of carboxylic acid groups (broad SMARTS) is 1. The van der Waals surface area contributed by atoms with Crippen molar-refractivity contribution in [2.24, 2.45) is 5.41 Å². The van der Waals surface area contributed by atoms with Crippen molar-refractivity contribution in [2.45, 2.75) is 57.3 Å². The Morgan fingerprint density at radius 3 is 2.76 bits per heavy atom. The van der Waals surface area contributed by atoms with Crippen molar-refractivity contribution in [3.05, 3.63) is 59.1 Å². The monoisotopic (exact) mass is 673 g/mol. The van der Waals surface area contributed by atoms with Crippen molar-refractivity contribution >= 4 is 46.9 Å². The summed E-state index contributed by atoms with van der Waals surface area (Å²) in [4.78, 5) is 24.1. The Morgan fingerprint density at radius 1 is 1.33 bits per heavy atom. The van der Waals surface area contributed by atoms with Gasteiger partial charge in [-0.05, 0) is 32.9 Å². The summed E-state index contributed by atoms with van der Waals surface area (Å²) in [6, 6.07) is 2.27. The molecule has 226 valence electrons. The summed E-state index contributed by atoms with van der Waals surface area (Å²) < 4.78 is 72.8. The molecule has 42 heavy (non-hydrogen) atoms. The molecule has 0 amide bonds. The fraction of sp³-hybridized carbons (Fsp3) is 0.440. The van der Waals surface area contributed by atoms with Crippen LogP contribution in [0.5, 0.6) is 0 Å². The van der Waals surface area contributed by atoms with E-state index in [4.69, 9.17) is 28.8 Å². The van der Waals surface area contributed by atoms with Crippen molar-refractivity contribution in [3.63, 3.8) is 0 Å². The minimum atomic E-state index is -4.47. The zero-order valence-electron chi connectivity index (χ0n) is 22.6. The van der Waals surface area contributed by atoms with E-state index in [1.807, 2.05) is 0 Å². The molecule has 2 aromatic heterocycles. The van der Waals surface area contributed by atoms with E-state index < -0.39 is 67.8 Å². The number of hydrogen-bond donors (Lipinski definition) is 2. The van der Waals surface area contributed by atoms with Gasteiger partial charge in [0.2, 0.25) is 0 Å². The van der Waals surface area contributed by atoms with E-state index in [0.717, 1.165) is 6.07 Å². The van der Waals surface area contributed by atoms with Gasteiger partial charge in [-0.15, -0.1) is 6.58 Å². The van der Waals surface area contributed by atoms with E-state index in [0.29, 0.717) is 11.2 Å². The number of rotatable bonds is 7.